The van der Waals surface area contributed by atoms with Gasteiger partial charge in [-0.05, 0) is 197 Å². The first-order valence-corrected chi connectivity index (χ1v) is 47.4. The molecule has 0 fully saturated rings. The number of rotatable bonds is 19. The minimum Gasteiger partial charge on any atom is -0.376 e. The van der Waals surface area contributed by atoms with Gasteiger partial charge in [0.1, 0.15) is 44.8 Å². The number of aromatic amines is 8. The molecule has 0 atom stereocenters. The van der Waals surface area contributed by atoms with Crippen molar-refractivity contribution in [2.45, 2.75) is 48.1 Å². The maximum absolute atomic E-state index is 12.4. The monoisotopic (exact) mass is 1860 g/mol. The van der Waals surface area contributed by atoms with Crippen molar-refractivity contribution < 1.29 is 9.59 Å². The van der Waals surface area contributed by atoms with Crippen LogP contribution in [0, 0.1) is 11.3 Å². The van der Waals surface area contributed by atoms with Crippen molar-refractivity contribution in [3.05, 3.63) is 269 Å². The average Bonchev–Trinajstić information content (AvgIpc) is 1.63. The Morgan fingerprint density at radius 3 is 1.00 bits per heavy atom. The standard InChI is InChI=1S/C27H23N7OS.C26H21N7OS.C25H21N7S.C24H19N7S/c1-27(2,3)26(35)30-18-8-17(10-28-11-18)15-4-5-21-19(9-15)24(34-33-21)25-31-22-13-29-12-20(23(22)32-25)16-6-7-36-14-16;1-14(2)26(34)29-18-7-17(9-27-10-18)15-3-4-21-19(8-15)24(33-32-21)25-30-22-12-28-11-20(23(22)31-25)16-5-6-35-13-16;1-2-26-9-15-7-18(11-27-10-15)16-3-4-21-19(8-16)24(32-31-21)25-29-22-13-28-12-20(23(22)30-25)17-5-6-33-14-17;1-31(2)17-7-16(9-25-10-17)14-3-4-20-18(8-14)23(30-29-20)24-27-21-12-26-11-19(22(21)28-24)15-5-6-32-13-15/h4-14H,1-3H3,(H,30,35)(H,31,32)(H,33,34);3-14H,1-2H3,(H,29,34)(H,30,31)(H,32,33);3-8,10-14,26H,2,9H2,1H3,(H,29,30)(H,31,32);3-13H,1-2H3,(H,27,28)(H,29,30). The van der Waals surface area contributed by atoms with Crippen molar-refractivity contribution in [2.24, 2.45) is 11.3 Å². The fraction of sp³-hybridized carbons (Fsp3) is 0.118. The van der Waals surface area contributed by atoms with Crippen LogP contribution in [0.25, 0.3) is 223 Å². The van der Waals surface area contributed by atoms with Crippen LogP contribution in [0.3, 0.4) is 0 Å². The van der Waals surface area contributed by atoms with Gasteiger partial charge in [-0.2, -0.15) is 65.7 Å². The highest BCUT2D eigenvalue weighted by Crippen LogP contribution is 2.41. The molecule has 0 saturated carbocycles. The van der Waals surface area contributed by atoms with Crippen LogP contribution >= 0.6 is 45.3 Å². The number of nitrogens with zero attached hydrogens (tertiary/aromatic N) is 17. The molecule has 30 nitrogen and oxygen atoms in total. The lowest BCUT2D eigenvalue weighted by molar-refractivity contribution is -0.123. The van der Waals surface area contributed by atoms with Crippen LogP contribution in [-0.2, 0) is 16.1 Å². The largest absolute Gasteiger partial charge is 0.376 e. The predicted octanol–water partition coefficient (Wildman–Crippen LogP) is 22.9. The van der Waals surface area contributed by atoms with E-state index in [1.807, 2.05) is 163 Å². The zero-order valence-electron chi connectivity index (χ0n) is 74.4. The molecule has 20 aromatic heterocycles. The summed E-state index contributed by atoms with van der Waals surface area (Å²) in [5, 5.41) is 60.5. The van der Waals surface area contributed by atoms with E-state index in [-0.39, 0.29) is 17.7 Å². The van der Waals surface area contributed by atoms with Gasteiger partial charge in [-0.3, -0.25) is 69.9 Å². The van der Waals surface area contributed by atoms with E-state index in [4.69, 9.17) is 19.9 Å². The number of aromatic nitrogens is 24. The molecule has 34 heteroatoms. The van der Waals surface area contributed by atoms with Crippen molar-refractivity contribution in [3.63, 3.8) is 0 Å². The molecular weight excluding hydrogens is 1780 g/mol. The number of carbonyl (C=O) groups is 2. The molecule has 0 aliphatic rings. The summed E-state index contributed by atoms with van der Waals surface area (Å²) in [5.41, 5.74) is 33.2. The Morgan fingerprint density at radius 1 is 0.353 bits per heavy atom. The lowest BCUT2D eigenvalue weighted by Crippen LogP contribution is -2.27. The smallest absolute Gasteiger partial charge is 0.229 e. The van der Waals surface area contributed by atoms with Crippen molar-refractivity contribution >= 4 is 162 Å². The van der Waals surface area contributed by atoms with Gasteiger partial charge in [0.2, 0.25) is 11.8 Å². The number of nitrogens with one attached hydrogen (secondary N) is 11. The van der Waals surface area contributed by atoms with E-state index in [1.165, 1.54) is 0 Å². The van der Waals surface area contributed by atoms with Gasteiger partial charge in [0, 0.05) is 154 Å². The van der Waals surface area contributed by atoms with E-state index < -0.39 is 5.41 Å². The molecule has 24 rings (SSSR count). The van der Waals surface area contributed by atoms with Gasteiger partial charge in [-0.1, -0.05) is 65.8 Å². The third-order valence-electron chi connectivity index (χ3n) is 23.2. The summed E-state index contributed by atoms with van der Waals surface area (Å²) in [5.74, 6) is 2.56. The Balaban J connectivity index is 0.000000109. The number of benzene rings is 4. The fourth-order valence-corrected chi connectivity index (χ4v) is 18.6. The van der Waals surface area contributed by atoms with Crippen molar-refractivity contribution in [1.82, 2.24) is 126 Å². The minimum absolute atomic E-state index is 0.0438. The molecule has 668 valence electrons. The number of H-pyrrole nitrogens is 8. The predicted molar refractivity (Wildman–Crippen MR) is 545 cm³/mol. The third kappa shape index (κ3) is 17.5. The second kappa shape index (κ2) is 36.8. The molecule has 0 radical (unpaired) electrons. The van der Waals surface area contributed by atoms with E-state index in [1.54, 1.807) is 88.7 Å². The van der Waals surface area contributed by atoms with Crippen LogP contribution in [0.5, 0.6) is 0 Å². The first-order chi connectivity index (χ1) is 66.4. The number of thiophene rings is 4. The van der Waals surface area contributed by atoms with Crippen molar-refractivity contribution in [3.8, 4) is 135 Å². The number of hydrogen-bond donors (Lipinski definition) is 11. The highest BCUT2D eigenvalue weighted by molar-refractivity contribution is 7.09. The summed E-state index contributed by atoms with van der Waals surface area (Å²) in [6.45, 7) is 13.2. The molecule has 0 saturated heterocycles. The van der Waals surface area contributed by atoms with Gasteiger partial charge in [0.05, 0.1) is 105 Å². The molecule has 2 amide bonds. The number of imidazole rings is 4. The van der Waals surface area contributed by atoms with E-state index in [9.17, 15) is 9.59 Å². The first kappa shape index (κ1) is 86.1. The van der Waals surface area contributed by atoms with Gasteiger partial charge in [0.15, 0.2) is 23.3 Å². The van der Waals surface area contributed by atoms with E-state index in [0.29, 0.717) is 28.8 Å². The van der Waals surface area contributed by atoms with Gasteiger partial charge >= 0.3 is 0 Å². The van der Waals surface area contributed by atoms with Crippen LogP contribution in [0.2, 0.25) is 0 Å². The quantitative estimate of drug-likeness (QED) is 0.0358. The van der Waals surface area contributed by atoms with E-state index in [2.05, 4.69) is 235 Å². The van der Waals surface area contributed by atoms with Gasteiger partial charge in [-0.25, -0.2) is 19.9 Å². The third-order valence-corrected chi connectivity index (χ3v) is 25.9. The molecule has 11 N–H and O–H groups in total. The molecule has 0 aliphatic heterocycles. The lowest BCUT2D eigenvalue weighted by Gasteiger charge is -2.17. The molecule has 4 aromatic carbocycles. The molecule has 0 spiro atoms. The SMILES string of the molecule is CC(C)(C)C(=O)Nc1cncc(-c2ccc3[nH]nc(-c4nc5c(-c6ccsc6)cncc5[nH]4)c3c2)c1.CC(C)C(=O)Nc1cncc(-c2ccc3[nH]nc(-c4nc5c(-c6ccsc6)cncc5[nH]4)c3c2)c1.CCNCc1cncc(-c2ccc3[nH]nc(-c4nc5c(-c6ccsc6)cncc5[nH]4)c3c2)c1.CN(C)c1cncc(-c2ccc3[nH]nc(-c4nc5c(-c6ccsc6)cncc5[nH]4)c3c2)c1. The molecule has 20 heterocycles. The summed E-state index contributed by atoms with van der Waals surface area (Å²) in [6, 6.07) is 41.1. The first-order valence-electron chi connectivity index (χ1n) is 43.6. The Morgan fingerprint density at radius 2 is 0.676 bits per heavy atom. The number of carbonyl (C=O) groups excluding carboxylic acids is 2. The summed E-state index contributed by atoms with van der Waals surface area (Å²) in [4.78, 5) is 94.9. The maximum Gasteiger partial charge on any atom is 0.229 e. The molecule has 0 aliphatic carbocycles. The van der Waals surface area contributed by atoms with E-state index >= 15 is 0 Å². The number of pyridine rings is 8. The Hall–Kier alpha value is -16.7. The molecule has 0 unspecified atom stereocenters. The van der Waals surface area contributed by atoms with Crippen molar-refractivity contribution in [2.75, 3.05) is 36.2 Å². The van der Waals surface area contributed by atoms with Gasteiger partial charge < -0.3 is 40.8 Å². The number of hydrogen-bond acceptors (Lipinski definition) is 24. The summed E-state index contributed by atoms with van der Waals surface area (Å²) < 4.78 is 0. The Labute approximate surface area is 791 Å². The lowest BCUT2D eigenvalue weighted by atomic mass is 9.95. The number of amides is 2. The highest BCUT2D eigenvalue weighted by atomic mass is 32.1. The molecule has 0 bridgehead atoms. The molecule has 24 aromatic rings. The molecule has 136 heavy (non-hydrogen) atoms. The topological polar surface area (TPSA) is 406 Å². The van der Waals surface area contributed by atoms with E-state index in [0.717, 1.165) is 230 Å². The fourth-order valence-electron chi connectivity index (χ4n) is 16.0. The Bertz CT molecular complexity index is 8500. The van der Waals surface area contributed by atoms with Crippen LogP contribution < -0.4 is 20.9 Å². The zero-order chi connectivity index (χ0) is 92.7. The van der Waals surface area contributed by atoms with Crippen LogP contribution in [-0.4, -0.2) is 153 Å². The van der Waals surface area contributed by atoms with Crippen LogP contribution in [0.4, 0.5) is 17.1 Å². The summed E-state index contributed by atoms with van der Waals surface area (Å²) in [7, 11) is 4.03. The minimum atomic E-state index is -0.494. The van der Waals surface area contributed by atoms with Gasteiger partial charge in [0.25, 0.3) is 0 Å². The average molecular weight is 1860 g/mol. The van der Waals surface area contributed by atoms with Crippen molar-refractivity contribution in [1.29, 1.82) is 0 Å². The second-order valence-corrected chi connectivity index (χ2v) is 37.1. The maximum atomic E-state index is 12.4. The number of anilines is 3. The highest BCUT2D eigenvalue weighted by Gasteiger charge is 2.26. The van der Waals surface area contributed by atoms with Crippen LogP contribution in [0.15, 0.2) is 264 Å². The number of fused-ring (bicyclic) bond motifs is 8. The van der Waals surface area contributed by atoms with Crippen LogP contribution in [0.1, 0.15) is 47.1 Å². The second-order valence-electron chi connectivity index (χ2n) is 34.0. The Kier molecular flexibility index (Phi) is 23.3. The van der Waals surface area contributed by atoms with Gasteiger partial charge in [-0.15, -0.1) is 0 Å². The zero-order valence-corrected chi connectivity index (χ0v) is 77.7. The summed E-state index contributed by atoms with van der Waals surface area (Å²) in [6.07, 6.45) is 29.0. The normalized spacial score (nSPS) is 11.6. The molecular formula is C102H84N28O2S4. The summed E-state index contributed by atoms with van der Waals surface area (Å²) >= 11 is 6.61.